The molecule has 88 valence electrons. The van der Waals surface area contributed by atoms with Gasteiger partial charge in [-0.25, -0.2) is 8.78 Å². The maximum absolute atomic E-state index is 12.0. The van der Waals surface area contributed by atoms with Gasteiger partial charge in [-0.05, 0) is 25.1 Å². The number of ether oxygens (including phenoxy) is 2. The van der Waals surface area contributed by atoms with Gasteiger partial charge in [0, 0.05) is 0 Å². The van der Waals surface area contributed by atoms with E-state index in [1.807, 2.05) is 0 Å². The van der Waals surface area contributed by atoms with E-state index in [0.717, 1.165) is 0 Å². The van der Waals surface area contributed by atoms with E-state index in [9.17, 15) is 13.6 Å². The van der Waals surface area contributed by atoms with E-state index in [0.29, 0.717) is 5.75 Å². The zero-order valence-electron chi connectivity index (χ0n) is 9.00. The van der Waals surface area contributed by atoms with Crippen molar-refractivity contribution in [2.45, 2.75) is 13.3 Å². The number of ketones is 1. The monoisotopic (exact) mass is 230 g/mol. The summed E-state index contributed by atoms with van der Waals surface area (Å²) in [5.41, 5.74) is 0.236. The zero-order valence-corrected chi connectivity index (χ0v) is 9.00. The summed E-state index contributed by atoms with van der Waals surface area (Å²) >= 11 is 0. The van der Waals surface area contributed by atoms with E-state index in [2.05, 4.69) is 0 Å². The SMILES string of the molecule is COc1ccc(OCC(F)F)c(C(C)=O)c1. The van der Waals surface area contributed by atoms with Crippen LogP contribution in [0.15, 0.2) is 18.2 Å². The number of Topliss-reactive ketones (excluding diaryl/α,β-unsaturated/α-hetero) is 1. The molecular weight excluding hydrogens is 218 g/mol. The fourth-order valence-electron chi connectivity index (χ4n) is 1.19. The Kier molecular flexibility index (Phi) is 4.22. The van der Waals surface area contributed by atoms with Crippen LogP contribution < -0.4 is 9.47 Å². The van der Waals surface area contributed by atoms with Crippen LogP contribution >= 0.6 is 0 Å². The number of hydrogen-bond donors (Lipinski definition) is 0. The standard InChI is InChI=1S/C11H12F2O3/c1-7(14)9-5-8(15-2)3-4-10(9)16-6-11(12)13/h3-5,11H,6H2,1-2H3. The van der Waals surface area contributed by atoms with Gasteiger partial charge in [0.1, 0.15) is 18.1 Å². The Labute approximate surface area is 92.0 Å². The van der Waals surface area contributed by atoms with E-state index in [1.165, 1.54) is 26.2 Å². The summed E-state index contributed by atoms with van der Waals surface area (Å²) in [6, 6.07) is 4.45. The average molecular weight is 230 g/mol. The van der Waals surface area contributed by atoms with Crippen LogP contribution in [0.3, 0.4) is 0 Å². The van der Waals surface area contributed by atoms with Gasteiger partial charge in [-0.15, -0.1) is 0 Å². The highest BCUT2D eigenvalue weighted by Gasteiger charge is 2.12. The van der Waals surface area contributed by atoms with E-state index < -0.39 is 13.0 Å². The number of hydrogen-bond acceptors (Lipinski definition) is 3. The first-order valence-electron chi connectivity index (χ1n) is 4.64. The molecule has 3 nitrogen and oxygen atoms in total. The fourth-order valence-corrected chi connectivity index (χ4v) is 1.19. The Morgan fingerprint density at radius 2 is 2.12 bits per heavy atom. The number of methoxy groups -OCH3 is 1. The molecule has 5 heteroatoms. The Morgan fingerprint density at radius 1 is 1.44 bits per heavy atom. The molecule has 0 N–H and O–H groups in total. The van der Waals surface area contributed by atoms with Crippen LogP contribution in [-0.2, 0) is 0 Å². The van der Waals surface area contributed by atoms with Gasteiger partial charge in [0.15, 0.2) is 5.78 Å². The molecule has 0 saturated carbocycles. The first-order valence-corrected chi connectivity index (χ1v) is 4.64. The average Bonchev–Trinajstić information content (AvgIpc) is 2.25. The maximum Gasteiger partial charge on any atom is 0.272 e. The molecule has 0 aliphatic carbocycles. The molecule has 1 aromatic carbocycles. The van der Waals surface area contributed by atoms with Gasteiger partial charge >= 0.3 is 0 Å². The normalized spacial score (nSPS) is 10.3. The summed E-state index contributed by atoms with van der Waals surface area (Å²) in [6.07, 6.45) is -2.57. The Morgan fingerprint density at radius 3 is 2.62 bits per heavy atom. The second-order valence-corrected chi connectivity index (χ2v) is 3.12. The van der Waals surface area contributed by atoms with E-state index >= 15 is 0 Å². The van der Waals surface area contributed by atoms with Gasteiger partial charge in [0.2, 0.25) is 0 Å². The van der Waals surface area contributed by atoms with Gasteiger partial charge < -0.3 is 9.47 Å². The van der Waals surface area contributed by atoms with E-state index in [1.54, 1.807) is 6.07 Å². The molecular formula is C11H12F2O3. The fraction of sp³-hybridized carbons (Fsp3) is 0.364. The van der Waals surface area contributed by atoms with Crippen molar-refractivity contribution in [1.29, 1.82) is 0 Å². The Bertz CT molecular complexity index is 377. The molecule has 0 aromatic heterocycles. The van der Waals surface area contributed by atoms with Gasteiger partial charge in [-0.1, -0.05) is 0 Å². The van der Waals surface area contributed by atoms with Gasteiger partial charge in [0.25, 0.3) is 6.43 Å². The molecule has 0 radical (unpaired) electrons. The lowest BCUT2D eigenvalue weighted by Crippen LogP contribution is -2.09. The molecule has 0 atom stereocenters. The zero-order chi connectivity index (χ0) is 12.1. The predicted octanol–water partition coefficient (Wildman–Crippen LogP) is 2.54. The highest BCUT2D eigenvalue weighted by molar-refractivity contribution is 5.97. The van der Waals surface area contributed by atoms with Crippen LogP contribution in [-0.4, -0.2) is 25.9 Å². The van der Waals surface area contributed by atoms with E-state index in [-0.39, 0.29) is 17.1 Å². The molecule has 1 rings (SSSR count). The summed E-state index contributed by atoms with van der Waals surface area (Å²) in [5, 5.41) is 0. The number of benzene rings is 1. The number of rotatable bonds is 5. The molecule has 16 heavy (non-hydrogen) atoms. The molecule has 0 spiro atoms. The van der Waals surface area contributed by atoms with Gasteiger partial charge in [-0.2, -0.15) is 0 Å². The minimum Gasteiger partial charge on any atom is -0.497 e. The summed E-state index contributed by atoms with van der Waals surface area (Å²) in [4.78, 5) is 11.3. The van der Waals surface area contributed by atoms with Crippen molar-refractivity contribution in [3.8, 4) is 11.5 Å². The third kappa shape index (κ3) is 3.18. The third-order valence-corrected chi connectivity index (χ3v) is 1.93. The number of carbonyl (C=O) groups excluding carboxylic acids is 1. The second-order valence-electron chi connectivity index (χ2n) is 3.12. The Hall–Kier alpha value is -1.65. The lowest BCUT2D eigenvalue weighted by molar-refractivity contribution is 0.0802. The highest BCUT2D eigenvalue weighted by atomic mass is 19.3. The number of halogens is 2. The van der Waals surface area contributed by atoms with Crippen molar-refractivity contribution >= 4 is 5.78 Å². The summed E-state index contributed by atoms with van der Waals surface area (Å²) in [6.45, 7) is 0.608. The van der Waals surface area contributed by atoms with Crippen molar-refractivity contribution in [3.63, 3.8) is 0 Å². The molecule has 0 unspecified atom stereocenters. The molecule has 0 saturated heterocycles. The van der Waals surface area contributed by atoms with Crippen LogP contribution in [0.5, 0.6) is 11.5 Å². The lowest BCUT2D eigenvalue weighted by Gasteiger charge is -2.10. The summed E-state index contributed by atoms with van der Waals surface area (Å²) in [7, 11) is 1.46. The quantitative estimate of drug-likeness (QED) is 0.729. The first-order chi connectivity index (χ1) is 7.54. The molecule has 0 aliphatic rings. The maximum atomic E-state index is 12.0. The van der Waals surface area contributed by atoms with Gasteiger partial charge in [-0.3, -0.25) is 4.79 Å². The topological polar surface area (TPSA) is 35.5 Å². The summed E-state index contributed by atoms with van der Waals surface area (Å²) in [5.74, 6) is 0.367. The van der Waals surface area contributed by atoms with Crippen molar-refractivity contribution in [2.24, 2.45) is 0 Å². The minimum atomic E-state index is -2.57. The summed E-state index contributed by atoms with van der Waals surface area (Å²) < 4.78 is 33.7. The predicted molar refractivity (Wildman–Crippen MR) is 54.5 cm³/mol. The molecule has 1 aromatic rings. The highest BCUT2D eigenvalue weighted by Crippen LogP contribution is 2.24. The van der Waals surface area contributed by atoms with Crippen molar-refractivity contribution < 1.29 is 23.0 Å². The molecule has 0 bridgehead atoms. The van der Waals surface area contributed by atoms with Crippen LogP contribution in [0.2, 0.25) is 0 Å². The number of alkyl halides is 2. The van der Waals surface area contributed by atoms with Crippen molar-refractivity contribution in [1.82, 2.24) is 0 Å². The smallest absolute Gasteiger partial charge is 0.272 e. The molecule has 0 aliphatic heterocycles. The third-order valence-electron chi connectivity index (χ3n) is 1.93. The first kappa shape index (κ1) is 12.4. The second kappa shape index (κ2) is 5.44. The van der Waals surface area contributed by atoms with Gasteiger partial charge in [0.05, 0.1) is 12.7 Å². The van der Waals surface area contributed by atoms with Crippen LogP contribution in [0.25, 0.3) is 0 Å². The molecule has 0 heterocycles. The Balaban J connectivity index is 2.94. The molecule has 0 amide bonds. The largest absolute Gasteiger partial charge is 0.497 e. The molecule has 0 fully saturated rings. The van der Waals surface area contributed by atoms with Crippen LogP contribution in [0, 0.1) is 0 Å². The van der Waals surface area contributed by atoms with Crippen molar-refractivity contribution in [2.75, 3.05) is 13.7 Å². The van der Waals surface area contributed by atoms with Crippen LogP contribution in [0.4, 0.5) is 8.78 Å². The van der Waals surface area contributed by atoms with Crippen molar-refractivity contribution in [3.05, 3.63) is 23.8 Å². The number of carbonyl (C=O) groups is 1. The minimum absolute atomic E-state index is 0.147. The van der Waals surface area contributed by atoms with E-state index in [4.69, 9.17) is 9.47 Å². The lowest BCUT2D eigenvalue weighted by atomic mass is 10.1. The van der Waals surface area contributed by atoms with Crippen LogP contribution in [0.1, 0.15) is 17.3 Å².